The Kier molecular flexibility index (Phi) is 8.11. The van der Waals surface area contributed by atoms with Crippen molar-refractivity contribution in [3.63, 3.8) is 0 Å². The quantitative estimate of drug-likeness (QED) is 0.536. The van der Waals surface area contributed by atoms with E-state index >= 15 is 0 Å². The molecule has 37 heavy (non-hydrogen) atoms. The van der Waals surface area contributed by atoms with Crippen LogP contribution < -0.4 is 10.6 Å². The van der Waals surface area contributed by atoms with Crippen molar-refractivity contribution in [3.05, 3.63) is 58.6 Å². The lowest BCUT2D eigenvalue weighted by Crippen LogP contribution is -2.50. The zero-order valence-corrected chi connectivity index (χ0v) is 22.1. The number of anilines is 1. The molecule has 1 unspecified atom stereocenters. The first-order chi connectivity index (χ1) is 17.3. The fourth-order valence-electron chi connectivity index (χ4n) is 5.54. The average molecular weight is 558 g/mol. The number of rotatable bonds is 6. The lowest BCUT2D eigenvalue weighted by molar-refractivity contribution is -0.184. The number of sulfone groups is 1. The molecule has 2 aromatic carbocycles. The number of nitrogens with two attached hydrogens (primary N) is 1. The summed E-state index contributed by atoms with van der Waals surface area (Å²) in [6.07, 6.45) is -1.71. The van der Waals surface area contributed by atoms with Crippen LogP contribution >= 0.6 is 11.6 Å². The van der Waals surface area contributed by atoms with Gasteiger partial charge in [-0.3, -0.25) is 9.69 Å². The smallest absolute Gasteiger partial charge is 0.368 e. The van der Waals surface area contributed by atoms with E-state index < -0.39 is 27.8 Å². The van der Waals surface area contributed by atoms with Gasteiger partial charge in [-0.25, -0.2) is 8.42 Å². The highest BCUT2D eigenvalue weighted by molar-refractivity contribution is 7.90. The molecule has 1 atom stereocenters. The first-order valence-electron chi connectivity index (χ1n) is 12.3. The molecule has 1 saturated heterocycles. The van der Waals surface area contributed by atoms with Gasteiger partial charge in [0.1, 0.15) is 0 Å². The van der Waals surface area contributed by atoms with Gasteiger partial charge < -0.3 is 10.6 Å². The molecule has 4 rings (SSSR count). The highest BCUT2D eigenvalue weighted by Crippen LogP contribution is 2.41. The minimum absolute atomic E-state index is 0.0537. The summed E-state index contributed by atoms with van der Waals surface area (Å²) in [6.45, 7) is 2.38. The molecule has 6 nitrogen and oxygen atoms in total. The Morgan fingerprint density at radius 1 is 1.08 bits per heavy atom. The molecule has 1 aliphatic carbocycles. The largest absolute Gasteiger partial charge is 0.391 e. The normalized spacial score (nSPS) is 23.7. The predicted molar refractivity (Wildman–Crippen MR) is 138 cm³/mol. The molecule has 2 aromatic rings. The molecular weight excluding hydrogens is 527 g/mol. The lowest BCUT2D eigenvalue weighted by atomic mass is 9.81. The summed E-state index contributed by atoms with van der Waals surface area (Å²) < 4.78 is 64.1. The Hall–Kier alpha value is -2.30. The summed E-state index contributed by atoms with van der Waals surface area (Å²) in [6, 6.07) is 12.0. The van der Waals surface area contributed by atoms with E-state index in [1.807, 2.05) is 29.2 Å². The van der Waals surface area contributed by atoms with Crippen LogP contribution in [0.3, 0.4) is 0 Å². The number of halogens is 4. The van der Waals surface area contributed by atoms with Gasteiger partial charge in [-0.05, 0) is 61.4 Å². The second kappa shape index (κ2) is 10.8. The minimum Gasteiger partial charge on any atom is -0.368 e. The van der Waals surface area contributed by atoms with E-state index in [1.165, 1.54) is 12.1 Å². The van der Waals surface area contributed by atoms with Crippen LogP contribution in [0.1, 0.15) is 47.6 Å². The van der Waals surface area contributed by atoms with Gasteiger partial charge in [-0.15, -0.1) is 0 Å². The van der Waals surface area contributed by atoms with Crippen LogP contribution in [-0.2, 0) is 9.84 Å². The zero-order valence-electron chi connectivity index (χ0n) is 20.5. The van der Waals surface area contributed by atoms with Crippen molar-refractivity contribution in [1.29, 1.82) is 0 Å². The first kappa shape index (κ1) is 27.7. The monoisotopic (exact) mass is 557 g/mol. The third-order valence-electron chi connectivity index (χ3n) is 7.55. The molecule has 1 saturated carbocycles. The molecule has 202 valence electrons. The van der Waals surface area contributed by atoms with Crippen molar-refractivity contribution in [2.45, 2.75) is 42.8 Å². The average Bonchev–Trinajstić information content (AvgIpc) is 2.83. The van der Waals surface area contributed by atoms with Crippen LogP contribution in [0.4, 0.5) is 18.9 Å². The molecule has 2 aliphatic rings. The number of benzene rings is 2. The van der Waals surface area contributed by atoms with Crippen LogP contribution in [0.15, 0.2) is 47.4 Å². The minimum atomic E-state index is -4.13. The molecule has 0 aromatic heterocycles. The van der Waals surface area contributed by atoms with Gasteiger partial charge >= 0.3 is 6.18 Å². The molecule has 0 radical (unpaired) electrons. The summed E-state index contributed by atoms with van der Waals surface area (Å²) in [4.78, 5) is 16.0. The van der Waals surface area contributed by atoms with E-state index in [9.17, 15) is 26.4 Å². The highest BCUT2D eigenvalue weighted by atomic mass is 35.5. The lowest BCUT2D eigenvalue weighted by Gasteiger charge is -2.45. The van der Waals surface area contributed by atoms with Crippen molar-refractivity contribution in [1.82, 2.24) is 4.90 Å². The van der Waals surface area contributed by atoms with E-state index in [0.29, 0.717) is 49.7 Å². The maximum atomic E-state index is 13.1. The van der Waals surface area contributed by atoms with Crippen LogP contribution in [0.25, 0.3) is 0 Å². The van der Waals surface area contributed by atoms with E-state index in [4.69, 9.17) is 17.3 Å². The Morgan fingerprint density at radius 3 is 2.35 bits per heavy atom. The molecule has 0 bridgehead atoms. The third-order valence-corrected chi connectivity index (χ3v) is 9.03. The Bertz CT molecular complexity index is 1250. The van der Waals surface area contributed by atoms with Crippen LogP contribution in [0.2, 0.25) is 5.02 Å². The molecule has 1 aliphatic heterocycles. The fourth-order valence-corrected chi connectivity index (χ4v) is 6.70. The number of amides is 1. The standard InChI is InChI=1S/C26H31ClF3N3O3S/c1-37(35,36)24-14-19(10-11-21(24)25(31)34)32-12-13-33(23(16-32)20-4-2-3-5-22(20)27)15-17-6-8-18(9-7-17)26(28,29)30/h2-5,10-11,14,17-18,23H,6-9,12-13,15-16H2,1H3,(H2,31,34). The van der Waals surface area contributed by atoms with Crippen molar-refractivity contribution in [3.8, 4) is 0 Å². The SMILES string of the molecule is CS(=O)(=O)c1cc(N2CCN(CC3CCC(C(F)(F)F)CC3)C(c3ccccc3Cl)C2)ccc1C(N)=O. The number of hydrogen-bond acceptors (Lipinski definition) is 5. The van der Waals surface area contributed by atoms with Gasteiger partial charge in [-0.1, -0.05) is 29.8 Å². The summed E-state index contributed by atoms with van der Waals surface area (Å²) in [5.41, 5.74) is 6.90. The Balaban J connectivity index is 1.58. The van der Waals surface area contributed by atoms with E-state index in [-0.39, 0.29) is 35.3 Å². The highest BCUT2D eigenvalue weighted by Gasteiger charge is 2.42. The van der Waals surface area contributed by atoms with E-state index in [1.54, 1.807) is 6.07 Å². The van der Waals surface area contributed by atoms with Crippen molar-refractivity contribution < 1.29 is 26.4 Å². The summed E-state index contributed by atoms with van der Waals surface area (Å²) >= 11 is 6.57. The van der Waals surface area contributed by atoms with Gasteiger partial charge in [0.15, 0.2) is 9.84 Å². The fraction of sp³-hybridized carbons (Fsp3) is 0.500. The predicted octanol–water partition coefficient (Wildman–Crippen LogP) is 5.07. The Morgan fingerprint density at radius 2 is 1.76 bits per heavy atom. The number of hydrogen-bond donors (Lipinski definition) is 1. The van der Waals surface area contributed by atoms with Crippen LogP contribution in [0, 0.1) is 11.8 Å². The molecule has 0 spiro atoms. The zero-order chi connectivity index (χ0) is 27.0. The molecular formula is C26H31ClF3N3O3S. The third kappa shape index (κ3) is 6.41. The Labute approximate surface area is 220 Å². The number of carbonyl (C=O) groups excluding carboxylic acids is 1. The van der Waals surface area contributed by atoms with Crippen LogP contribution in [0.5, 0.6) is 0 Å². The van der Waals surface area contributed by atoms with Crippen molar-refractivity contribution >= 4 is 33.0 Å². The first-order valence-corrected chi connectivity index (χ1v) is 14.6. The second-order valence-corrected chi connectivity index (χ2v) is 12.4. The van der Waals surface area contributed by atoms with Gasteiger partial charge in [0.2, 0.25) is 5.91 Å². The second-order valence-electron chi connectivity index (χ2n) is 10.1. The van der Waals surface area contributed by atoms with Gasteiger partial charge in [0.05, 0.1) is 22.4 Å². The summed E-state index contributed by atoms with van der Waals surface area (Å²) in [5.74, 6) is -1.86. The number of carbonyl (C=O) groups is 1. The van der Waals surface area contributed by atoms with E-state index in [2.05, 4.69) is 4.90 Å². The number of nitrogens with zero attached hydrogens (tertiary/aromatic N) is 2. The molecule has 1 heterocycles. The van der Waals surface area contributed by atoms with Crippen molar-refractivity contribution in [2.24, 2.45) is 17.6 Å². The van der Waals surface area contributed by atoms with Gasteiger partial charge in [-0.2, -0.15) is 13.2 Å². The molecule has 2 fully saturated rings. The number of primary amides is 1. The summed E-state index contributed by atoms with van der Waals surface area (Å²) in [5, 5.41) is 0.598. The topological polar surface area (TPSA) is 83.7 Å². The van der Waals surface area contributed by atoms with Crippen molar-refractivity contribution in [2.75, 3.05) is 37.3 Å². The molecule has 1 amide bonds. The maximum Gasteiger partial charge on any atom is 0.391 e. The molecule has 11 heteroatoms. The number of piperazine rings is 1. The number of alkyl halides is 3. The van der Waals surface area contributed by atoms with Gasteiger partial charge in [0, 0.05) is 43.1 Å². The maximum absolute atomic E-state index is 13.1. The van der Waals surface area contributed by atoms with E-state index in [0.717, 1.165) is 11.8 Å². The van der Waals surface area contributed by atoms with Crippen LogP contribution in [-0.4, -0.2) is 57.8 Å². The molecule has 2 N–H and O–H groups in total. The van der Waals surface area contributed by atoms with Gasteiger partial charge in [0.25, 0.3) is 0 Å². The summed E-state index contributed by atoms with van der Waals surface area (Å²) in [7, 11) is -3.70.